The van der Waals surface area contributed by atoms with Gasteiger partial charge in [0.1, 0.15) is 5.75 Å². The highest BCUT2D eigenvalue weighted by atomic mass is 16.5. The van der Waals surface area contributed by atoms with Crippen LogP contribution in [0.15, 0.2) is 18.2 Å². The first kappa shape index (κ1) is 14.1. The van der Waals surface area contributed by atoms with E-state index in [1.807, 2.05) is 32.2 Å². The minimum absolute atomic E-state index is 0.192. The SMILES string of the molecule is CNC1CCC(C(=O)c2ccc(OC)c(C)c2)CC1. The summed E-state index contributed by atoms with van der Waals surface area (Å²) in [5.41, 5.74) is 1.85. The number of hydrogen-bond acceptors (Lipinski definition) is 3. The number of benzene rings is 1. The second kappa shape index (κ2) is 6.20. The molecule has 1 aliphatic rings. The molecule has 0 atom stereocenters. The minimum Gasteiger partial charge on any atom is -0.496 e. The highest BCUT2D eigenvalue weighted by Crippen LogP contribution is 2.28. The van der Waals surface area contributed by atoms with Gasteiger partial charge in [-0.25, -0.2) is 0 Å². The molecule has 1 aromatic carbocycles. The maximum Gasteiger partial charge on any atom is 0.165 e. The summed E-state index contributed by atoms with van der Waals surface area (Å²) >= 11 is 0. The highest BCUT2D eigenvalue weighted by molar-refractivity contribution is 5.98. The fourth-order valence-electron chi connectivity index (χ4n) is 2.91. The van der Waals surface area contributed by atoms with E-state index in [1.54, 1.807) is 7.11 Å². The average molecular weight is 261 g/mol. The van der Waals surface area contributed by atoms with E-state index in [2.05, 4.69) is 5.32 Å². The molecular formula is C16H23NO2. The largest absolute Gasteiger partial charge is 0.496 e. The van der Waals surface area contributed by atoms with E-state index in [-0.39, 0.29) is 5.92 Å². The van der Waals surface area contributed by atoms with E-state index in [0.717, 1.165) is 42.6 Å². The molecule has 0 heterocycles. The van der Waals surface area contributed by atoms with Crippen molar-refractivity contribution in [2.24, 2.45) is 5.92 Å². The predicted octanol–water partition coefficient (Wildman–Crippen LogP) is 2.96. The van der Waals surface area contributed by atoms with Crippen molar-refractivity contribution in [1.29, 1.82) is 0 Å². The van der Waals surface area contributed by atoms with Crippen molar-refractivity contribution < 1.29 is 9.53 Å². The highest BCUT2D eigenvalue weighted by Gasteiger charge is 2.26. The molecule has 0 amide bonds. The first-order valence-corrected chi connectivity index (χ1v) is 7.01. The Kier molecular flexibility index (Phi) is 4.59. The molecule has 0 bridgehead atoms. The summed E-state index contributed by atoms with van der Waals surface area (Å²) in [4.78, 5) is 12.5. The predicted molar refractivity (Wildman–Crippen MR) is 76.9 cm³/mol. The molecule has 3 heteroatoms. The number of rotatable bonds is 4. The van der Waals surface area contributed by atoms with E-state index in [1.165, 1.54) is 0 Å². The molecule has 1 aliphatic carbocycles. The zero-order valence-corrected chi connectivity index (χ0v) is 12.0. The lowest BCUT2D eigenvalue weighted by molar-refractivity contribution is 0.0880. The topological polar surface area (TPSA) is 38.3 Å². The van der Waals surface area contributed by atoms with Crippen LogP contribution in [0.5, 0.6) is 5.75 Å². The van der Waals surface area contributed by atoms with Crippen molar-refractivity contribution in [3.8, 4) is 5.75 Å². The van der Waals surface area contributed by atoms with Gasteiger partial charge in [-0.05, 0) is 63.4 Å². The molecule has 0 saturated heterocycles. The molecule has 19 heavy (non-hydrogen) atoms. The van der Waals surface area contributed by atoms with E-state index in [9.17, 15) is 4.79 Å². The fraction of sp³-hybridized carbons (Fsp3) is 0.562. The van der Waals surface area contributed by atoms with Crippen LogP contribution < -0.4 is 10.1 Å². The molecule has 3 nitrogen and oxygen atoms in total. The number of nitrogens with one attached hydrogen (secondary N) is 1. The van der Waals surface area contributed by atoms with Crippen molar-refractivity contribution in [2.45, 2.75) is 38.6 Å². The number of aryl methyl sites for hydroxylation is 1. The maximum atomic E-state index is 12.5. The summed E-state index contributed by atoms with van der Waals surface area (Å²) < 4.78 is 5.23. The molecular weight excluding hydrogens is 238 g/mol. The number of carbonyl (C=O) groups excluding carboxylic acids is 1. The zero-order valence-electron chi connectivity index (χ0n) is 12.0. The summed E-state index contributed by atoms with van der Waals surface area (Å²) in [6.45, 7) is 1.98. The van der Waals surface area contributed by atoms with Gasteiger partial charge in [0, 0.05) is 17.5 Å². The van der Waals surface area contributed by atoms with Crippen LogP contribution in [0.2, 0.25) is 0 Å². The Morgan fingerprint density at radius 2 is 1.95 bits per heavy atom. The van der Waals surface area contributed by atoms with Gasteiger partial charge in [0.2, 0.25) is 0 Å². The number of carbonyl (C=O) groups is 1. The number of ether oxygens (including phenoxy) is 1. The summed E-state index contributed by atoms with van der Waals surface area (Å²) in [7, 11) is 3.66. The quantitative estimate of drug-likeness (QED) is 0.847. The monoisotopic (exact) mass is 261 g/mol. The third kappa shape index (κ3) is 3.16. The molecule has 0 aromatic heterocycles. The third-order valence-electron chi connectivity index (χ3n) is 4.19. The summed E-state index contributed by atoms with van der Waals surface area (Å²) in [6.07, 6.45) is 4.19. The van der Waals surface area contributed by atoms with Crippen LogP contribution in [-0.4, -0.2) is 26.0 Å². The molecule has 0 radical (unpaired) electrons. The summed E-state index contributed by atoms with van der Waals surface area (Å²) in [5.74, 6) is 1.33. The molecule has 1 aromatic rings. The first-order valence-electron chi connectivity index (χ1n) is 7.01. The minimum atomic E-state index is 0.192. The van der Waals surface area contributed by atoms with Gasteiger partial charge >= 0.3 is 0 Å². The van der Waals surface area contributed by atoms with Crippen LogP contribution in [-0.2, 0) is 0 Å². The van der Waals surface area contributed by atoms with E-state index in [0.29, 0.717) is 11.8 Å². The van der Waals surface area contributed by atoms with Crippen molar-refractivity contribution in [1.82, 2.24) is 5.32 Å². The fourth-order valence-corrected chi connectivity index (χ4v) is 2.91. The lowest BCUT2D eigenvalue weighted by Crippen LogP contribution is -2.32. The Labute approximate surface area is 115 Å². The number of methoxy groups -OCH3 is 1. The Hall–Kier alpha value is -1.35. The van der Waals surface area contributed by atoms with Gasteiger partial charge in [-0.2, -0.15) is 0 Å². The van der Waals surface area contributed by atoms with E-state index < -0.39 is 0 Å². The van der Waals surface area contributed by atoms with Crippen molar-refractivity contribution in [2.75, 3.05) is 14.2 Å². The van der Waals surface area contributed by atoms with Gasteiger partial charge < -0.3 is 10.1 Å². The van der Waals surface area contributed by atoms with Crippen molar-refractivity contribution in [3.63, 3.8) is 0 Å². The summed E-state index contributed by atoms with van der Waals surface area (Å²) in [6, 6.07) is 6.31. The Morgan fingerprint density at radius 1 is 1.26 bits per heavy atom. The van der Waals surface area contributed by atoms with Crippen LogP contribution >= 0.6 is 0 Å². The van der Waals surface area contributed by atoms with Gasteiger partial charge in [0.05, 0.1) is 7.11 Å². The van der Waals surface area contributed by atoms with Gasteiger partial charge in [-0.15, -0.1) is 0 Å². The average Bonchev–Trinajstić information content (AvgIpc) is 2.46. The Balaban J connectivity index is 2.06. The number of Topliss-reactive ketones (excluding diaryl/α,β-unsaturated/α-hetero) is 1. The van der Waals surface area contributed by atoms with E-state index >= 15 is 0 Å². The van der Waals surface area contributed by atoms with Gasteiger partial charge in [-0.3, -0.25) is 4.79 Å². The van der Waals surface area contributed by atoms with Crippen LogP contribution in [0.4, 0.5) is 0 Å². The van der Waals surface area contributed by atoms with Crippen LogP contribution in [0.25, 0.3) is 0 Å². The molecule has 104 valence electrons. The van der Waals surface area contributed by atoms with Crippen molar-refractivity contribution >= 4 is 5.78 Å². The molecule has 0 spiro atoms. The molecule has 1 saturated carbocycles. The van der Waals surface area contributed by atoms with Gasteiger partial charge in [0.15, 0.2) is 5.78 Å². The smallest absolute Gasteiger partial charge is 0.165 e. The lowest BCUT2D eigenvalue weighted by atomic mass is 9.81. The van der Waals surface area contributed by atoms with Crippen molar-refractivity contribution in [3.05, 3.63) is 29.3 Å². The molecule has 0 unspecified atom stereocenters. The zero-order chi connectivity index (χ0) is 13.8. The third-order valence-corrected chi connectivity index (χ3v) is 4.19. The first-order chi connectivity index (χ1) is 9.15. The maximum absolute atomic E-state index is 12.5. The van der Waals surface area contributed by atoms with E-state index in [4.69, 9.17) is 4.74 Å². The molecule has 2 rings (SSSR count). The molecule has 1 fully saturated rings. The van der Waals surface area contributed by atoms with Crippen LogP contribution in [0, 0.1) is 12.8 Å². The van der Waals surface area contributed by atoms with Crippen LogP contribution in [0.3, 0.4) is 0 Å². The number of hydrogen-bond donors (Lipinski definition) is 1. The Morgan fingerprint density at radius 3 is 2.47 bits per heavy atom. The normalized spacial score (nSPS) is 23.1. The second-order valence-corrected chi connectivity index (χ2v) is 5.39. The lowest BCUT2D eigenvalue weighted by Gasteiger charge is -2.27. The molecule has 0 aliphatic heterocycles. The van der Waals surface area contributed by atoms with Crippen LogP contribution in [0.1, 0.15) is 41.6 Å². The van der Waals surface area contributed by atoms with Gasteiger partial charge in [0.25, 0.3) is 0 Å². The summed E-state index contributed by atoms with van der Waals surface area (Å²) in [5, 5.41) is 3.30. The number of ketones is 1. The standard InChI is InChI=1S/C16H23NO2/c1-11-10-13(6-9-15(11)19-3)16(18)12-4-7-14(17-2)8-5-12/h6,9-10,12,14,17H,4-5,7-8H2,1-3H3. The second-order valence-electron chi connectivity index (χ2n) is 5.39. The Bertz CT molecular complexity index is 448. The molecule has 1 N–H and O–H groups in total. The van der Waals surface area contributed by atoms with Gasteiger partial charge in [-0.1, -0.05) is 0 Å².